The molecule has 1 aromatic heterocycles. The van der Waals surface area contributed by atoms with Crippen LogP contribution in [0.4, 0.5) is 5.69 Å². The summed E-state index contributed by atoms with van der Waals surface area (Å²) < 4.78 is 6.69. The van der Waals surface area contributed by atoms with E-state index in [0.29, 0.717) is 60.3 Å². The number of nitrogens with zero attached hydrogens (tertiary/aromatic N) is 4. The van der Waals surface area contributed by atoms with Crippen LogP contribution in [-0.4, -0.2) is 65.7 Å². The van der Waals surface area contributed by atoms with E-state index in [2.05, 4.69) is 15.2 Å². The van der Waals surface area contributed by atoms with E-state index in [1.54, 1.807) is 18.2 Å². The van der Waals surface area contributed by atoms with E-state index in [4.69, 9.17) is 27.9 Å². The van der Waals surface area contributed by atoms with Gasteiger partial charge in [0.25, 0.3) is 5.56 Å². The van der Waals surface area contributed by atoms with Crippen LogP contribution >= 0.6 is 23.2 Å². The van der Waals surface area contributed by atoms with Crippen molar-refractivity contribution < 1.29 is 14.3 Å². The molecule has 1 N–H and O–H groups in total. The molecule has 200 valence electrons. The lowest BCUT2D eigenvalue weighted by Gasteiger charge is -2.38. The van der Waals surface area contributed by atoms with Crippen LogP contribution in [0, 0.1) is 5.92 Å². The number of rotatable bonds is 6. The van der Waals surface area contributed by atoms with Crippen molar-refractivity contribution in [2.45, 2.75) is 25.9 Å². The van der Waals surface area contributed by atoms with Gasteiger partial charge in [0.05, 0.1) is 27.3 Å². The van der Waals surface area contributed by atoms with E-state index in [0.717, 1.165) is 24.1 Å². The Morgan fingerprint density at radius 1 is 1.00 bits per heavy atom. The molecule has 11 heteroatoms. The second-order valence-corrected chi connectivity index (χ2v) is 10.4. The summed E-state index contributed by atoms with van der Waals surface area (Å²) in [5.74, 6) is -0.0431. The molecule has 0 spiro atoms. The first-order chi connectivity index (χ1) is 18.4. The zero-order valence-corrected chi connectivity index (χ0v) is 22.4. The number of piperazine rings is 1. The van der Waals surface area contributed by atoms with Crippen molar-refractivity contribution in [3.05, 3.63) is 68.7 Å². The van der Waals surface area contributed by atoms with E-state index in [-0.39, 0.29) is 36.4 Å². The first kappa shape index (κ1) is 26.5. The third kappa shape index (κ3) is 5.95. The Morgan fingerprint density at radius 3 is 2.50 bits per heavy atom. The summed E-state index contributed by atoms with van der Waals surface area (Å²) in [6.07, 6.45) is 2.97. The van der Waals surface area contributed by atoms with Gasteiger partial charge in [-0.05, 0) is 48.7 Å². The minimum Gasteiger partial charge on any atom is -0.381 e. The number of ether oxygens (including phenoxy) is 1. The average molecular weight is 558 g/mol. The lowest BCUT2D eigenvalue weighted by atomic mass is 9.98. The highest BCUT2D eigenvalue weighted by Crippen LogP contribution is 2.24. The van der Waals surface area contributed by atoms with Crippen LogP contribution in [0.3, 0.4) is 0 Å². The predicted molar refractivity (Wildman–Crippen MR) is 147 cm³/mol. The summed E-state index contributed by atoms with van der Waals surface area (Å²) in [4.78, 5) is 47.1. The molecule has 2 aliphatic rings. The molecule has 0 atom stereocenters. The molecule has 38 heavy (non-hydrogen) atoms. The Kier molecular flexibility index (Phi) is 8.16. The van der Waals surface area contributed by atoms with Crippen molar-refractivity contribution in [3.63, 3.8) is 0 Å². The highest BCUT2D eigenvalue weighted by molar-refractivity contribution is 6.42. The Morgan fingerprint density at radius 2 is 1.76 bits per heavy atom. The SMILES string of the molecule is O=C(Cn1cnc2ccc(N3CCN(C(=O)C4CCOCC4)CC3)cc2c1=O)NCc1ccc(Cl)c(Cl)c1. The largest absolute Gasteiger partial charge is 0.381 e. The zero-order valence-electron chi connectivity index (χ0n) is 20.9. The van der Waals surface area contributed by atoms with E-state index in [9.17, 15) is 14.4 Å². The number of benzene rings is 2. The molecule has 9 nitrogen and oxygen atoms in total. The Bertz CT molecular complexity index is 1400. The molecule has 3 heterocycles. The van der Waals surface area contributed by atoms with E-state index in [1.807, 2.05) is 23.1 Å². The van der Waals surface area contributed by atoms with Crippen molar-refractivity contribution in [1.82, 2.24) is 19.8 Å². The minimum absolute atomic E-state index is 0.0571. The van der Waals surface area contributed by atoms with Crippen LogP contribution < -0.4 is 15.8 Å². The summed E-state index contributed by atoms with van der Waals surface area (Å²) in [5, 5.41) is 4.10. The molecule has 0 aliphatic carbocycles. The molecule has 2 aromatic carbocycles. The van der Waals surface area contributed by atoms with Gasteiger partial charge < -0.3 is 19.9 Å². The van der Waals surface area contributed by atoms with Crippen LogP contribution in [0.15, 0.2) is 47.5 Å². The van der Waals surface area contributed by atoms with Crippen molar-refractivity contribution in [1.29, 1.82) is 0 Å². The lowest BCUT2D eigenvalue weighted by molar-refractivity contribution is -0.138. The van der Waals surface area contributed by atoms with E-state index >= 15 is 0 Å². The molecule has 0 radical (unpaired) electrons. The van der Waals surface area contributed by atoms with Gasteiger partial charge in [-0.25, -0.2) is 4.98 Å². The Labute approximate surface area is 230 Å². The average Bonchev–Trinajstić information content (AvgIpc) is 2.95. The lowest BCUT2D eigenvalue weighted by Crippen LogP contribution is -2.51. The number of hydrogen-bond donors (Lipinski definition) is 1. The smallest absolute Gasteiger partial charge is 0.261 e. The van der Waals surface area contributed by atoms with Gasteiger partial charge in [-0.3, -0.25) is 19.0 Å². The van der Waals surface area contributed by atoms with Gasteiger partial charge in [0.1, 0.15) is 6.54 Å². The number of halogens is 2. The number of amides is 2. The Hall–Kier alpha value is -3.14. The predicted octanol–water partition coefficient (Wildman–Crippen LogP) is 3.09. The molecule has 2 saturated heterocycles. The number of fused-ring (bicyclic) bond motifs is 1. The Balaban J connectivity index is 1.22. The first-order valence-electron chi connectivity index (χ1n) is 12.7. The van der Waals surface area contributed by atoms with Crippen LogP contribution in [0.2, 0.25) is 10.0 Å². The minimum atomic E-state index is -0.319. The maximum atomic E-state index is 13.2. The number of aromatic nitrogens is 2. The maximum Gasteiger partial charge on any atom is 0.261 e. The fourth-order valence-electron chi connectivity index (χ4n) is 4.90. The third-order valence-electron chi connectivity index (χ3n) is 7.12. The van der Waals surface area contributed by atoms with Gasteiger partial charge >= 0.3 is 0 Å². The molecule has 0 bridgehead atoms. The molecular formula is C27H29Cl2N5O4. The number of carbonyl (C=O) groups is 2. The molecule has 2 fully saturated rings. The topological polar surface area (TPSA) is 96.8 Å². The summed E-state index contributed by atoms with van der Waals surface area (Å²) >= 11 is 12.0. The number of anilines is 1. The highest BCUT2D eigenvalue weighted by Gasteiger charge is 2.29. The standard InChI is InChI=1S/C27H29Cl2N5O4/c28-22-3-1-18(13-23(22)29)15-30-25(35)16-34-17-31-24-4-2-20(14-21(24)27(34)37)32-7-9-33(10-8-32)26(36)19-5-11-38-12-6-19/h1-4,13-14,17,19H,5-12,15-16H2,(H,30,35). The number of carbonyl (C=O) groups excluding carboxylic acids is 2. The zero-order chi connectivity index (χ0) is 26.6. The van der Waals surface area contributed by atoms with E-state index < -0.39 is 0 Å². The summed E-state index contributed by atoms with van der Waals surface area (Å²) in [7, 11) is 0. The van der Waals surface area contributed by atoms with Gasteiger partial charge in [0.15, 0.2) is 0 Å². The van der Waals surface area contributed by atoms with Crippen molar-refractivity contribution >= 4 is 51.6 Å². The number of nitrogens with one attached hydrogen (secondary N) is 1. The normalized spacial score (nSPS) is 16.6. The van der Waals surface area contributed by atoms with Crippen LogP contribution in [-0.2, 0) is 27.4 Å². The highest BCUT2D eigenvalue weighted by atomic mass is 35.5. The maximum absolute atomic E-state index is 13.2. The quantitative estimate of drug-likeness (QED) is 0.500. The van der Waals surface area contributed by atoms with Gasteiger partial charge in [-0.2, -0.15) is 0 Å². The molecule has 5 rings (SSSR count). The molecule has 0 unspecified atom stereocenters. The molecule has 2 amide bonds. The summed E-state index contributed by atoms with van der Waals surface area (Å²) in [5.41, 5.74) is 1.99. The van der Waals surface area contributed by atoms with Crippen molar-refractivity contribution in [3.8, 4) is 0 Å². The van der Waals surface area contributed by atoms with Crippen LogP contribution in [0.5, 0.6) is 0 Å². The van der Waals surface area contributed by atoms with Crippen LogP contribution in [0.1, 0.15) is 18.4 Å². The second kappa shape index (κ2) is 11.7. The first-order valence-corrected chi connectivity index (χ1v) is 13.5. The van der Waals surface area contributed by atoms with Gasteiger partial charge in [0.2, 0.25) is 11.8 Å². The summed E-state index contributed by atoms with van der Waals surface area (Å²) in [6, 6.07) is 10.7. The van der Waals surface area contributed by atoms with E-state index in [1.165, 1.54) is 10.9 Å². The molecule has 2 aliphatic heterocycles. The monoisotopic (exact) mass is 557 g/mol. The van der Waals surface area contributed by atoms with Crippen molar-refractivity contribution in [2.24, 2.45) is 5.92 Å². The van der Waals surface area contributed by atoms with Crippen LogP contribution in [0.25, 0.3) is 10.9 Å². The molecule has 0 saturated carbocycles. The fraction of sp³-hybridized carbons (Fsp3) is 0.407. The number of hydrogen-bond acceptors (Lipinski definition) is 6. The second-order valence-electron chi connectivity index (χ2n) is 9.60. The van der Waals surface area contributed by atoms with Crippen molar-refractivity contribution in [2.75, 3.05) is 44.3 Å². The van der Waals surface area contributed by atoms with Gasteiger partial charge in [-0.1, -0.05) is 29.3 Å². The molecular weight excluding hydrogens is 529 g/mol. The molecule has 3 aromatic rings. The third-order valence-corrected chi connectivity index (χ3v) is 7.86. The summed E-state index contributed by atoms with van der Waals surface area (Å²) in [6.45, 7) is 4.07. The fourth-order valence-corrected chi connectivity index (χ4v) is 5.23. The van der Waals surface area contributed by atoms with Gasteiger partial charge in [0, 0.05) is 57.5 Å². The van der Waals surface area contributed by atoms with Gasteiger partial charge in [-0.15, -0.1) is 0 Å².